The summed E-state index contributed by atoms with van der Waals surface area (Å²) < 4.78 is 36.5. The molecule has 0 aliphatic carbocycles. The largest absolute Gasteiger partial charge is 0.327 e. The van der Waals surface area contributed by atoms with E-state index in [1.807, 2.05) is 0 Å². The van der Waals surface area contributed by atoms with Crippen molar-refractivity contribution < 1.29 is 12.8 Å². The van der Waals surface area contributed by atoms with Crippen LogP contribution >= 0.6 is 11.6 Å². The third kappa shape index (κ3) is 3.30. The van der Waals surface area contributed by atoms with E-state index in [2.05, 4.69) is 0 Å². The van der Waals surface area contributed by atoms with Crippen LogP contribution in [0.2, 0.25) is 5.02 Å². The molecule has 0 heterocycles. The van der Waals surface area contributed by atoms with Crippen molar-refractivity contribution in [2.75, 3.05) is 12.3 Å². The van der Waals surface area contributed by atoms with Crippen molar-refractivity contribution in [1.29, 1.82) is 0 Å². The van der Waals surface area contributed by atoms with Crippen LogP contribution in [-0.2, 0) is 9.84 Å². The minimum Gasteiger partial charge on any atom is -0.327 e. The minimum atomic E-state index is -3.74. The van der Waals surface area contributed by atoms with Gasteiger partial charge in [0.2, 0.25) is 0 Å². The molecule has 1 rings (SSSR count). The first-order chi connectivity index (χ1) is 7.47. The molecule has 1 aromatic rings. The highest BCUT2D eigenvalue weighted by Gasteiger charge is 2.19. The van der Waals surface area contributed by atoms with Gasteiger partial charge >= 0.3 is 0 Å². The van der Waals surface area contributed by atoms with Gasteiger partial charge in [-0.1, -0.05) is 23.7 Å². The van der Waals surface area contributed by atoms with Crippen LogP contribution in [0.4, 0.5) is 4.39 Å². The quantitative estimate of drug-likeness (QED) is 0.903. The van der Waals surface area contributed by atoms with E-state index in [9.17, 15) is 12.8 Å². The van der Waals surface area contributed by atoms with E-state index in [1.165, 1.54) is 18.2 Å². The fourth-order valence-corrected chi connectivity index (χ4v) is 2.92. The smallest absolute Gasteiger partial charge is 0.186 e. The van der Waals surface area contributed by atoms with Gasteiger partial charge in [-0.25, -0.2) is 12.8 Å². The Kier molecular flexibility index (Phi) is 4.46. The Morgan fingerprint density at radius 2 is 2.06 bits per heavy atom. The first-order valence-corrected chi connectivity index (χ1v) is 6.52. The summed E-state index contributed by atoms with van der Waals surface area (Å²) in [5.41, 5.74) is 5.08. The predicted molar refractivity (Wildman–Crippen MR) is 61.8 cm³/mol. The highest BCUT2D eigenvalue weighted by molar-refractivity contribution is 7.91. The van der Waals surface area contributed by atoms with Gasteiger partial charge in [0.15, 0.2) is 9.84 Å². The Morgan fingerprint density at radius 1 is 1.44 bits per heavy atom. The Bertz CT molecular complexity index is 499. The molecule has 0 bridgehead atoms. The molecule has 16 heavy (non-hydrogen) atoms. The van der Waals surface area contributed by atoms with E-state index in [-0.39, 0.29) is 16.5 Å². The minimum absolute atomic E-state index is 0.0378. The molecule has 0 radical (unpaired) electrons. The van der Waals surface area contributed by atoms with Gasteiger partial charge in [0.25, 0.3) is 0 Å². The summed E-state index contributed by atoms with van der Waals surface area (Å²) in [6, 6.07) is 5.92. The maximum Gasteiger partial charge on any atom is 0.186 e. The van der Waals surface area contributed by atoms with E-state index < -0.39 is 21.4 Å². The maximum absolute atomic E-state index is 13.1. The molecule has 3 nitrogen and oxygen atoms in total. The summed E-state index contributed by atoms with van der Waals surface area (Å²) in [5.74, 6) is -1.49. The highest BCUT2D eigenvalue weighted by Crippen LogP contribution is 2.23. The molecule has 2 N–H and O–H groups in total. The molecule has 0 atom stereocenters. The Morgan fingerprint density at radius 3 is 2.62 bits per heavy atom. The van der Waals surface area contributed by atoms with Gasteiger partial charge < -0.3 is 5.73 Å². The van der Waals surface area contributed by atoms with E-state index in [1.54, 1.807) is 6.07 Å². The summed E-state index contributed by atoms with van der Waals surface area (Å²) in [5, 5.41) is 0.0862. The normalized spacial score (nSPS) is 12.8. The van der Waals surface area contributed by atoms with Crippen LogP contribution in [-0.4, -0.2) is 20.7 Å². The molecule has 0 unspecified atom stereocenters. The molecule has 0 aliphatic heterocycles. The molecular formula is C10H11ClFNO2S. The lowest BCUT2D eigenvalue weighted by Crippen LogP contribution is -2.09. The van der Waals surface area contributed by atoms with Gasteiger partial charge in [0.1, 0.15) is 11.6 Å². The fourth-order valence-electron chi connectivity index (χ4n) is 1.14. The van der Waals surface area contributed by atoms with Crippen molar-refractivity contribution >= 4 is 21.4 Å². The van der Waals surface area contributed by atoms with Crippen LogP contribution in [0.15, 0.2) is 41.1 Å². The lowest BCUT2D eigenvalue weighted by atomic mass is 10.4. The molecule has 0 amide bonds. The molecule has 0 fully saturated rings. The maximum atomic E-state index is 13.1. The topological polar surface area (TPSA) is 60.2 Å². The van der Waals surface area contributed by atoms with Crippen molar-refractivity contribution in [1.82, 2.24) is 0 Å². The van der Waals surface area contributed by atoms with Crippen molar-refractivity contribution in [3.63, 3.8) is 0 Å². The van der Waals surface area contributed by atoms with Gasteiger partial charge in [-0.05, 0) is 18.2 Å². The lowest BCUT2D eigenvalue weighted by Gasteiger charge is -2.04. The highest BCUT2D eigenvalue weighted by atomic mass is 35.5. The fraction of sp³-hybridized carbons (Fsp3) is 0.200. The number of hydrogen-bond donors (Lipinski definition) is 1. The van der Waals surface area contributed by atoms with Crippen molar-refractivity contribution in [2.45, 2.75) is 4.90 Å². The SMILES string of the molecule is NCC=C(F)CS(=O)(=O)c1ccccc1Cl. The monoisotopic (exact) mass is 263 g/mol. The zero-order valence-corrected chi connectivity index (χ0v) is 9.93. The van der Waals surface area contributed by atoms with Crippen LogP contribution in [0.1, 0.15) is 0 Å². The summed E-state index contributed by atoms with van der Waals surface area (Å²) >= 11 is 5.72. The van der Waals surface area contributed by atoms with E-state index in [4.69, 9.17) is 17.3 Å². The van der Waals surface area contributed by atoms with E-state index in [0.717, 1.165) is 6.08 Å². The Labute approximate surface area is 98.6 Å². The third-order valence-corrected chi connectivity index (χ3v) is 3.96. The first kappa shape index (κ1) is 13.2. The van der Waals surface area contributed by atoms with Gasteiger partial charge in [-0.3, -0.25) is 0 Å². The Balaban J connectivity index is 3.04. The van der Waals surface area contributed by atoms with Crippen LogP contribution in [0.5, 0.6) is 0 Å². The molecule has 0 saturated heterocycles. The number of rotatable bonds is 4. The number of halogens is 2. The van der Waals surface area contributed by atoms with Crippen molar-refractivity contribution in [3.05, 3.63) is 41.2 Å². The lowest BCUT2D eigenvalue weighted by molar-refractivity contribution is 0.583. The van der Waals surface area contributed by atoms with E-state index in [0.29, 0.717) is 0 Å². The molecule has 6 heteroatoms. The molecular weight excluding hydrogens is 253 g/mol. The van der Waals surface area contributed by atoms with Gasteiger partial charge in [-0.2, -0.15) is 0 Å². The molecule has 1 aromatic carbocycles. The standard InChI is InChI=1S/C10H11ClFNO2S/c11-9-3-1-2-4-10(9)16(14,15)7-8(12)5-6-13/h1-5H,6-7,13H2. The zero-order valence-electron chi connectivity index (χ0n) is 8.36. The zero-order chi connectivity index (χ0) is 12.2. The second-order valence-electron chi connectivity index (χ2n) is 3.08. The number of benzene rings is 1. The predicted octanol–water partition coefficient (Wildman–Crippen LogP) is 1.93. The molecule has 0 aliphatic rings. The summed E-state index contributed by atoms with van der Waals surface area (Å²) in [6.07, 6.45) is 1.02. The number of sulfone groups is 1. The molecule has 88 valence electrons. The van der Waals surface area contributed by atoms with Crippen LogP contribution < -0.4 is 5.73 Å². The number of nitrogens with two attached hydrogens (primary N) is 1. The van der Waals surface area contributed by atoms with Gasteiger partial charge in [-0.15, -0.1) is 0 Å². The second kappa shape index (κ2) is 5.43. The third-order valence-electron chi connectivity index (χ3n) is 1.84. The van der Waals surface area contributed by atoms with Gasteiger partial charge in [0, 0.05) is 6.54 Å². The van der Waals surface area contributed by atoms with Gasteiger partial charge in [0.05, 0.1) is 9.92 Å². The summed E-state index contributed by atoms with van der Waals surface area (Å²) in [7, 11) is -3.74. The van der Waals surface area contributed by atoms with Crippen LogP contribution in [0.25, 0.3) is 0 Å². The molecule has 0 aromatic heterocycles. The average molecular weight is 264 g/mol. The van der Waals surface area contributed by atoms with Crippen molar-refractivity contribution in [2.24, 2.45) is 5.73 Å². The van der Waals surface area contributed by atoms with Crippen molar-refractivity contribution in [3.8, 4) is 0 Å². The van der Waals surface area contributed by atoms with E-state index >= 15 is 0 Å². The van der Waals surface area contributed by atoms with Crippen LogP contribution in [0, 0.1) is 0 Å². The van der Waals surface area contributed by atoms with Crippen LogP contribution in [0.3, 0.4) is 0 Å². The Hall–Kier alpha value is -0.910. The molecule has 0 saturated carbocycles. The summed E-state index contributed by atoms with van der Waals surface area (Å²) in [4.78, 5) is -0.0720. The summed E-state index contributed by atoms with van der Waals surface area (Å²) in [6.45, 7) is -0.0378. The molecule has 0 spiro atoms. The number of hydrogen-bond acceptors (Lipinski definition) is 3. The second-order valence-corrected chi connectivity index (χ2v) is 5.44. The first-order valence-electron chi connectivity index (χ1n) is 4.49. The average Bonchev–Trinajstić information content (AvgIpc) is 2.17.